The van der Waals surface area contributed by atoms with Crippen molar-refractivity contribution in [3.05, 3.63) is 35.4 Å². The van der Waals surface area contributed by atoms with Gasteiger partial charge in [-0.2, -0.15) is 5.26 Å². The molecular formula is C14H19N3O. The van der Waals surface area contributed by atoms with Gasteiger partial charge in [-0.1, -0.05) is 12.1 Å². The highest BCUT2D eigenvalue weighted by atomic mass is 16.2. The van der Waals surface area contributed by atoms with Gasteiger partial charge in [0.1, 0.15) is 0 Å². The third-order valence-electron chi connectivity index (χ3n) is 2.88. The number of carbonyl (C=O) groups excluding carboxylic acids is 1. The lowest BCUT2D eigenvalue weighted by molar-refractivity contribution is -0.125. The van der Waals surface area contributed by atoms with E-state index < -0.39 is 0 Å². The zero-order valence-corrected chi connectivity index (χ0v) is 11.1. The summed E-state index contributed by atoms with van der Waals surface area (Å²) in [6, 6.07) is 9.37. The molecule has 1 aromatic carbocycles. The number of nitrogens with one attached hydrogen (secondary N) is 1. The summed E-state index contributed by atoms with van der Waals surface area (Å²) in [4.78, 5) is 13.7. The molecule has 0 aliphatic carbocycles. The van der Waals surface area contributed by atoms with Crippen LogP contribution < -0.4 is 5.32 Å². The largest absolute Gasteiger partial charge is 0.355 e. The average Bonchev–Trinajstić information content (AvgIpc) is 2.38. The minimum atomic E-state index is -0.185. The quantitative estimate of drug-likeness (QED) is 0.855. The number of likely N-dealkylation sites (N-methyl/N-ethyl adjacent to an activating group) is 2. The summed E-state index contributed by atoms with van der Waals surface area (Å²) >= 11 is 0. The molecular weight excluding hydrogens is 226 g/mol. The monoisotopic (exact) mass is 245 g/mol. The van der Waals surface area contributed by atoms with Crippen molar-refractivity contribution >= 4 is 5.91 Å². The zero-order chi connectivity index (χ0) is 13.5. The van der Waals surface area contributed by atoms with Gasteiger partial charge in [-0.3, -0.25) is 9.69 Å². The summed E-state index contributed by atoms with van der Waals surface area (Å²) < 4.78 is 0. The molecule has 1 N–H and O–H groups in total. The number of carbonyl (C=O) groups is 1. The smallest absolute Gasteiger partial charge is 0.237 e. The molecule has 0 fully saturated rings. The lowest BCUT2D eigenvalue weighted by Gasteiger charge is -2.23. The van der Waals surface area contributed by atoms with E-state index in [1.54, 1.807) is 6.07 Å². The molecule has 0 bridgehead atoms. The highest BCUT2D eigenvalue weighted by Gasteiger charge is 2.17. The predicted molar refractivity (Wildman–Crippen MR) is 70.8 cm³/mol. The molecule has 0 heterocycles. The number of amides is 1. The molecule has 0 aliphatic heterocycles. The van der Waals surface area contributed by atoms with E-state index in [1.807, 2.05) is 44.0 Å². The van der Waals surface area contributed by atoms with Gasteiger partial charge in [-0.25, -0.2) is 0 Å². The molecule has 18 heavy (non-hydrogen) atoms. The highest BCUT2D eigenvalue weighted by Crippen LogP contribution is 2.08. The number of benzene rings is 1. The van der Waals surface area contributed by atoms with E-state index in [0.717, 1.165) is 5.56 Å². The second-order valence-corrected chi connectivity index (χ2v) is 4.30. The van der Waals surface area contributed by atoms with E-state index in [-0.39, 0.29) is 11.9 Å². The molecule has 0 radical (unpaired) electrons. The number of rotatable bonds is 5. The molecule has 0 aromatic heterocycles. The maximum atomic E-state index is 11.7. The zero-order valence-electron chi connectivity index (χ0n) is 11.1. The Kier molecular flexibility index (Phi) is 5.34. The Morgan fingerprint density at radius 1 is 1.56 bits per heavy atom. The van der Waals surface area contributed by atoms with Crippen LogP contribution in [0.25, 0.3) is 0 Å². The van der Waals surface area contributed by atoms with Crippen LogP contribution in [0.5, 0.6) is 0 Å². The van der Waals surface area contributed by atoms with Gasteiger partial charge in [-0.15, -0.1) is 0 Å². The molecule has 0 saturated carbocycles. The SMILES string of the molecule is CCNC(=O)C(C)N(C)Cc1cccc(C#N)c1. The first-order valence-corrected chi connectivity index (χ1v) is 6.05. The van der Waals surface area contributed by atoms with Gasteiger partial charge in [0.15, 0.2) is 0 Å². The molecule has 1 atom stereocenters. The second-order valence-electron chi connectivity index (χ2n) is 4.30. The van der Waals surface area contributed by atoms with Gasteiger partial charge in [0.2, 0.25) is 5.91 Å². The minimum absolute atomic E-state index is 0.0245. The summed E-state index contributed by atoms with van der Waals surface area (Å²) in [5.74, 6) is 0.0245. The molecule has 1 rings (SSSR count). The van der Waals surface area contributed by atoms with Gasteiger partial charge in [0, 0.05) is 13.1 Å². The van der Waals surface area contributed by atoms with Gasteiger partial charge >= 0.3 is 0 Å². The summed E-state index contributed by atoms with van der Waals surface area (Å²) in [5, 5.41) is 11.6. The van der Waals surface area contributed by atoms with E-state index in [0.29, 0.717) is 18.7 Å². The van der Waals surface area contributed by atoms with Crippen LogP contribution in [0.4, 0.5) is 0 Å². The summed E-state index contributed by atoms with van der Waals surface area (Å²) in [7, 11) is 1.90. The Bertz CT molecular complexity index is 451. The fourth-order valence-corrected chi connectivity index (χ4v) is 1.69. The molecule has 1 amide bonds. The van der Waals surface area contributed by atoms with Crippen molar-refractivity contribution in [1.29, 1.82) is 5.26 Å². The van der Waals surface area contributed by atoms with E-state index in [4.69, 9.17) is 5.26 Å². The predicted octanol–water partition coefficient (Wildman–Crippen LogP) is 1.51. The van der Waals surface area contributed by atoms with Crippen LogP contribution in [0.3, 0.4) is 0 Å². The number of nitrogens with zero attached hydrogens (tertiary/aromatic N) is 2. The maximum Gasteiger partial charge on any atom is 0.237 e. The third-order valence-corrected chi connectivity index (χ3v) is 2.88. The van der Waals surface area contributed by atoms with Crippen LogP contribution in [-0.4, -0.2) is 30.4 Å². The fourth-order valence-electron chi connectivity index (χ4n) is 1.69. The standard InChI is InChI=1S/C14H19N3O/c1-4-16-14(18)11(2)17(3)10-13-7-5-6-12(8-13)9-15/h5-8,11H,4,10H2,1-3H3,(H,16,18). The Labute approximate surface area is 108 Å². The van der Waals surface area contributed by atoms with Crippen molar-refractivity contribution in [2.75, 3.05) is 13.6 Å². The van der Waals surface area contributed by atoms with Crippen LogP contribution in [0.1, 0.15) is 25.0 Å². The first-order valence-electron chi connectivity index (χ1n) is 6.05. The minimum Gasteiger partial charge on any atom is -0.355 e. The summed E-state index contributed by atoms with van der Waals surface area (Å²) in [6.07, 6.45) is 0. The van der Waals surface area contributed by atoms with Crippen LogP contribution in [-0.2, 0) is 11.3 Å². The van der Waals surface area contributed by atoms with E-state index in [1.165, 1.54) is 0 Å². The highest BCUT2D eigenvalue weighted by molar-refractivity contribution is 5.81. The molecule has 4 heteroatoms. The van der Waals surface area contributed by atoms with Crippen molar-refractivity contribution in [2.45, 2.75) is 26.4 Å². The average molecular weight is 245 g/mol. The topological polar surface area (TPSA) is 56.1 Å². The number of hydrogen-bond acceptors (Lipinski definition) is 3. The van der Waals surface area contributed by atoms with E-state index in [9.17, 15) is 4.79 Å². The Morgan fingerprint density at radius 2 is 2.28 bits per heavy atom. The van der Waals surface area contributed by atoms with E-state index >= 15 is 0 Å². The Morgan fingerprint density at radius 3 is 2.89 bits per heavy atom. The molecule has 1 aromatic rings. The molecule has 0 spiro atoms. The van der Waals surface area contributed by atoms with Crippen LogP contribution in [0.2, 0.25) is 0 Å². The van der Waals surface area contributed by atoms with Gasteiger partial charge in [0.25, 0.3) is 0 Å². The van der Waals surface area contributed by atoms with Crippen molar-refractivity contribution in [2.24, 2.45) is 0 Å². The lowest BCUT2D eigenvalue weighted by atomic mass is 10.1. The van der Waals surface area contributed by atoms with E-state index in [2.05, 4.69) is 11.4 Å². The van der Waals surface area contributed by atoms with Crippen molar-refractivity contribution in [3.63, 3.8) is 0 Å². The molecule has 4 nitrogen and oxygen atoms in total. The summed E-state index contributed by atoms with van der Waals surface area (Å²) in [6.45, 7) is 5.06. The maximum absolute atomic E-state index is 11.7. The molecule has 1 unspecified atom stereocenters. The van der Waals surface area contributed by atoms with Crippen molar-refractivity contribution in [3.8, 4) is 6.07 Å². The molecule has 0 saturated heterocycles. The fraction of sp³-hybridized carbons (Fsp3) is 0.429. The van der Waals surface area contributed by atoms with Crippen LogP contribution >= 0.6 is 0 Å². The van der Waals surface area contributed by atoms with Gasteiger partial charge in [0.05, 0.1) is 17.7 Å². The molecule has 0 aliphatic rings. The van der Waals surface area contributed by atoms with Crippen LogP contribution in [0.15, 0.2) is 24.3 Å². The normalized spacial score (nSPS) is 11.9. The Balaban J connectivity index is 2.66. The van der Waals surface area contributed by atoms with Crippen molar-refractivity contribution < 1.29 is 4.79 Å². The van der Waals surface area contributed by atoms with Crippen molar-refractivity contribution in [1.82, 2.24) is 10.2 Å². The van der Waals surface area contributed by atoms with Gasteiger partial charge < -0.3 is 5.32 Å². The number of hydrogen-bond donors (Lipinski definition) is 1. The first-order chi connectivity index (χ1) is 8.58. The lowest BCUT2D eigenvalue weighted by Crippen LogP contribution is -2.42. The Hall–Kier alpha value is -1.86. The second kappa shape index (κ2) is 6.77. The number of nitriles is 1. The van der Waals surface area contributed by atoms with Gasteiger partial charge in [-0.05, 0) is 38.6 Å². The third kappa shape index (κ3) is 3.86. The first kappa shape index (κ1) is 14.2. The van der Waals surface area contributed by atoms with Crippen LogP contribution in [0, 0.1) is 11.3 Å². The molecule has 96 valence electrons. The summed E-state index contributed by atoms with van der Waals surface area (Å²) in [5.41, 5.74) is 1.68.